The Bertz CT molecular complexity index is 3860. The number of hydrogen-bond donors (Lipinski definition) is 0. The molecule has 0 bridgehead atoms. The first-order valence-corrected chi connectivity index (χ1v) is 43.2. The Hall–Kier alpha value is -3.67. The van der Waals surface area contributed by atoms with Crippen molar-refractivity contribution >= 4 is 54.3 Å². The molecule has 0 radical (unpaired) electrons. The Morgan fingerprint density at radius 1 is 0.298 bits per heavy atom. The summed E-state index contributed by atoms with van der Waals surface area (Å²) in [5, 5.41) is 1.17. The molecular formula is C77H91Br4F34N5P2S2. The summed E-state index contributed by atoms with van der Waals surface area (Å²) in [5.41, 5.74) is 5.32. The standard InChI is InChI=1S/C42H49F17N3PS.C29H29F17N2PS.C6H13Br.3BrH/c1-3-4-5-9-20-61-22-13-30(14-23-61)29(2)26-33(27-34(28-63-64)31-11-18-60-19-12-31)32-15-24-62(25-16-32)21-10-7-6-8-17-35(43,44)36(45,46)37(47,48)38(49,50)39(51,52)40(53,54)41(55,56)42(57,58)59;1-18(16-21(17-49-50)20-6-11-47-12-7-20)19-8-14-48(15-9-19)13-5-3-2-4-10-22(30,31)23(32,33)24(34,35)25(36,37)26(38,39)27(40,41)28(42,43)29(44,45)46;1-2-3-4-5-6-7;;;/h11-16,18-19,22-25,29,33-34H,3-10,17,20-21,26-28H2,1-2H3;6-9,11-12,14-15,18,21H,2-5,10,13,16-17H2,1H3;2-6H2,1H3;3*1H/q+2;+1;;;;/p-3. The first kappa shape index (κ1) is 120. The molecule has 47 heteroatoms. The van der Waals surface area contributed by atoms with Gasteiger partial charge in [-0.05, 0) is 154 Å². The lowest BCUT2D eigenvalue weighted by molar-refractivity contribution is -0.697. The van der Waals surface area contributed by atoms with Gasteiger partial charge in [-0.2, -0.15) is 149 Å². The Kier molecular flexibility index (Phi) is 48.8. The van der Waals surface area contributed by atoms with Crippen LogP contribution in [0.25, 0.3) is 0 Å². The van der Waals surface area contributed by atoms with Crippen LogP contribution in [0.3, 0.4) is 0 Å². The summed E-state index contributed by atoms with van der Waals surface area (Å²) in [6.07, 6.45) is 8.42. The van der Waals surface area contributed by atoms with Crippen LogP contribution in [0.2, 0.25) is 0 Å². The minimum absolute atomic E-state index is 0. The number of pyridine rings is 5. The number of aryl methyl sites for hydroxylation is 3. The summed E-state index contributed by atoms with van der Waals surface area (Å²) in [6.45, 7) is 9.93. The molecule has 124 heavy (non-hydrogen) atoms. The van der Waals surface area contributed by atoms with Gasteiger partial charge >= 0.3 is 95.3 Å². The molecule has 5 unspecified atom stereocenters. The van der Waals surface area contributed by atoms with Gasteiger partial charge in [0.25, 0.3) is 0 Å². The van der Waals surface area contributed by atoms with Gasteiger partial charge in [-0.3, -0.25) is 9.97 Å². The second kappa shape index (κ2) is 50.3. The van der Waals surface area contributed by atoms with Crippen molar-refractivity contribution in [2.45, 2.75) is 307 Å². The molecule has 5 aromatic rings. The molecule has 0 saturated heterocycles. The molecule has 0 amide bonds. The molecule has 5 aromatic heterocycles. The van der Waals surface area contributed by atoms with Gasteiger partial charge in [0, 0.05) is 111 Å². The summed E-state index contributed by atoms with van der Waals surface area (Å²) in [7, 11) is 1.58. The average molecular weight is 2180 g/mol. The highest BCUT2D eigenvalue weighted by molar-refractivity contribution is 9.09. The van der Waals surface area contributed by atoms with Crippen molar-refractivity contribution in [2.24, 2.45) is 0 Å². The zero-order chi connectivity index (χ0) is 92.6. The van der Waals surface area contributed by atoms with Crippen molar-refractivity contribution in [1.82, 2.24) is 9.97 Å². The number of aromatic nitrogens is 5. The van der Waals surface area contributed by atoms with Gasteiger partial charge < -0.3 is 50.9 Å². The monoisotopic (exact) mass is 2170 g/mol. The van der Waals surface area contributed by atoms with Crippen molar-refractivity contribution < 1.29 is 214 Å². The summed E-state index contributed by atoms with van der Waals surface area (Å²) >= 11 is 13.8. The van der Waals surface area contributed by atoms with Gasteiger partial charge in [0.05, 0.1) is 0 Å². The van der Waals surface area contributed by atoms with Crippen LogP contribution in [-0.2, 0) is 43.2 Å². The maximum atomic E-state index is 14.3. The van der Waals surface area contributed by atoms with Crippen molar-refractivity contribution in [3.63, 3.8) is 0 Å². The van der Waals surface area contributed by atoms with Crippen molar-refractivity contribution in [3.8, 4) is 0 Å². The van der Waals surface area contributed by atoms with Crippen LogP contribution in [-0.4, -0.2) is 123 Å². The molecule has 712 valence electrons. The predicted octanol–water partition coefficient (Wildman–Crippen LogP) is 19.0. The van der Waals surface area contributed by atoms with Gasteiger partial charge in [-0.25, -0.2) is 13.7 Å². The zero-order valence-corrected chi connectivity index (χ0v) is 76.1. The lowest BCUT2D eigenvalue weighted by Crippen LogP contribution is -3.00. The Labute approximate surface area is 748 Å². The third-order valence-electron chi connectivity index (χ3n) is 20.3. The maximum absolute atomic E-state index is 14.3. The van der Waals surface area contributed by atoms with Crippen molar-refractivity contribution in [3.05, 3.63) is 150 Å². The van der Waals surface area contributed by atoms with E-state index < -0.39 is 134 Å². The first-order valence-electron chi connectivity index (χ1n) is 37.9. The molecule has 0 spiro atoms. The van der Waals surface area contributed by atoms with E-state index >= 15 is 0 Å². The second-order valence-electron chi connectivity index (χ2n) is 29.3. The van der Waals surface area contributed by atoms with E-state index in [0.717, 1.165) is 99.9 Å². The topological polar surface area (TPSA) is 37.4 Å². The van der Waals surface area contributed by atoms with Gasteiger partial charge in [0.15, 0.2) is 37.2 Å². The lowest BCUT2D eigenvalue weighted by Gasteiger charge is -2.42. The van der Waals surface area contributed by atoms with Gasteiger partial charge in [0.2, 0.25) is 0 Å². The average Bonchev–Trinajstić information content (AvgIpc) is 0.699. The molecule has 5 rings (SSSR count). The highest BCUT2D eigenvalue weighted by Crippen LogP contribution is 2.67. The largest absolute Gasteiger partial charge is 1.00 e. The SMILES string of the molecule is CC(CC(CP=S)c1ccncc1)c1cc[n+](CCCCCCC(F)(F)C(F)(F)C(F)(F)C(F)(F)C(F)(F)C(F)(F)C(F)(F)C(F)(F)F)cc1.CCCCCCBr.CCCCCC[n+]1ccc(C(C)CC(CC(CP=S)c2ccncc2)c2cc[n+](CCCCCCC(F)(F)C(F)(F)C(F)(F)C(F)(F)C(F)(F)C(F)(F)C(F)(F)C(F)(F)F)cc2)cc1.[Br-].[Br-].[Br-]. The number of halogens is 38. The van der Waals surface area contributed by atoms with Gasteiger partial charge in [-0.15, -0.1) is 0 Å². The Balaban J connectivity index is 0.00000226. The van der Waals surface area contributed by atoms with Crippen LogP contribution >= 0.6 is 30.6 Å². The smallest absolute Gasteiger partial charge is 0.460 e. The lowest BCUT2D eigenvalue weighted by atomic mass is 9.80. The van der Waals surface area contributed by atoms with Crippen LogP contribution in [0.4, 0.5) is 149 Å². The van der Waals surface area contributed by atoms with Crippen molar-refractivity contribution in [1.29, 1.82) is 0 Å². The minimum Gasteiger partial charge on any atom is -1.00 e. The minimum atomic E-state index is -8.62. The van der Waals surface area contributed by atoms with E-state index in [1.54, 1.807) is 58.7 Å². The van der Waals surface area contributed by atoms with Crippen LogP contribution in [0.5, 0.6) is 0 Å². The molecule has 0 N–H and O–H groups in total. The summed E-state index contributed by atoms with van der Waals surface area (Å²) < 4.78 is 465. The summed E-state index contributed by atoms with van der Waals surface area (Å²) in [5.74, 6) is -111. The normalized spacial score (nSPS) is 14.8. The van der Waals surface area contributed by atoms with Crippen LogP contribution in [0.1, 0.15) is 220 Å². The second-order valence-corrected chi connectivity index (χ2v) is 32.9. The molecule has 0 aromatic carbocycles. The van der Waals surface area contributed by atoms with E-state index in [1.165, 1.54) is 37.4 Å². The molecule has 5 atom stereocenters. The third-order valence-corrected chi connectivity index (χ3v) is 22.9. The highest BCUT2D eigenvalue weighted by atomic mass is 79.9. The van der Waals surface area contributed by atoms with E-state index in [0.29, 0.717) is 0 Å². The van der Waals surface area contributed by atoms with Gasteiger partial charge in [-0.1, -0.05) is 112 Å². The fraction of sp³-hybridized carbons (Fsp3) is 0.675. The van der Waals surface area contributed by atoms with Crippen LogP contribution in [0, 0.1) is 0 Å². The predicted molar refractivity (Wildman–Crippen MR) is 395 cm³/mol. The fourth-order valence-electron chi connectivity index (χ4n) is 12.6. The molecule has 5 nitrogen and oxygen atoms in total. The number of unbranched alkanes of at least 4 members (excludes halogenated alkanes) is 12. The molecule has 0 aliphatic heterocycles. The fourth-order valence-corrected chi connectivity index (χ4v) is 15.2. The van der Waals surface area contributed by atoms with Crippen LogP contribution in [0.15, 0.2) is 123 Å². The summed E-state index contributed by atoms with van der Waals surface area (Å²) in [6, 6.07) is 19.4. The Morgan fingerprint density at radius 2 is 0.532 bits per heavy atom. The molecule has 0 aliphatic carbocycles. The maximum Gasteiger partial charge on any atom is 0.460 e. The molecule has 0 saturated carbocycles. The van der Waals surface area contributed by atoms with E-state index in [-0.39, 0.29) is 119 Å². The van der Waals surface area contributed by atoms with E-state index in [9.17, 15) is 149 Å². The quantitative estimate of drug-likeness (QED) is 0.0128. The number of alkyl halides is 35. The first-order chi connectivity index (χ1) is 55.6. The Morgan fingerprint density at radius 3 is 0.806 bits per heavy atom. The molecule has 0 aliphatic rings. The van der Waals surface area contributed by atoms with E-state index in [2.05, 4.69) is 75.8 Å². The third kappa shape index (κ3) is 29.2. The van der Waals surface area contributed by atoms with Crippen molar-refractivity contribution in [2.75, 3.05) is 17.7 Å². The summed E-state index contributed by atoms with van der Waals surface area (Å²) in [4.78, 5) is 8.13. The molecule has 0 fully saturated rings. The number of nitrogens with zero attached hydrogens (tertiary/aromatic N) is 5. The zero-order valence-electron chi connectivity index (χ0n) is 66.3. The van der Waals surface area contributed by atoms with Crippen LogP contribution < -0.4 is 64.6 Å². The molecular weight excluding hydrogens is 2090 g/mol. The van der Waals surface area contributed by atoms with E-state index in [4.69, 9.17) is 23.6 Å². The number of hydrogen-bond acceptors (Lipinski definition) is 4. The number of rotatable bonds is 50. The molecule has 5 heterocycles. The highest BCUT2D eigenvalue weighted by Gasteiger charge is 2.97. The van der Waals surface area contributed by atoms with E-state index in [1.807, 2.05) is 55.5 Å². The van der Waals surface area contributed by atoms with Gasteiger partial charge in [0.1, 0.15) is 19.6 Å².